The highest BCUT2D eigenvalue weighted by atomic mass is 35.5. The van der Waals surface area contributed by atoms with Gasteiger partial charge in [-0.25, -0.2) is 4.79 Å². The molecule has 0 spiro atoms. The van der Waals surface area contributed by atoms with Crippen molar-refractivity contribution in [3.63, 3.8) is 0 Å². The van der Waals surface area contributed by atoms with Gasteiger partial charge in [0.1, 0.15) is 0 Å². The van der Waals surface area contributed by atoms with Crippen molar-refractivity contribution in [2.75, 3.05) is 7.11 Å². The minimum Gasteiger partial charge on any atom is -0.464 e. The van der Waals surface area contributed by atoms with Crippen LogP contribution in [0.15, 0.2) is 30.3 Å². The van der Waals surface area contributed by atoms with Gasteiger partial charge >= 0.3 is 11.8 Å². The number of methoxy groups -OCH3 is 1. The maximum Gasteiger partial charge on any atom is 0.390 e. The molecule has 1 aromatic carbocycles. The third-order valence-electron chi connectivity index (χ3n) is 2.59. The molecule has 1 heterocycles. The van der Waals surface area contributed by atoms with E-state index in [4.69, 9.17) is 11.6 Å². The molecule has 1 aromatic heterocycles. The van der Waals surface area contributed by atoms with Crippen molar-refractivity contribution < 1.29 is 14.5 Å². The molecule has 7 nitrogen and oxygen atoms in total. The van der Waals surface area contributed by atoms with Crippen molar-refractivity contribution in [1.82, 2.24) is 9.78 Å². The van der Waals surface area contributed by atoms with Crippen LogP contribution in [0.2, 0.25) is 5.02 Å². The van der Waals surface area contributed by atoms with Crippen molar-refractivity contribution >= 4 is 23.4 Å². The molecule has 0 saturated heterocycles. The van der Waals surface area contributed by atoms with Crippen LogP contribution in [0.25, 0.3) is 0 Å². The molecular formula is C12H10ClN3O4. The lowest BCUT2D eigenvalue weighted by molar-refractivity contribution is -0.389. The minimum atomic E-state index is -0.681. The second-order valence-electron chi connectivity index (χ2n) is 3.92. The number of nitro groups is 1. The average Bonchev–Trinajstić information content (AvgIpc) is 2.84. The Balaban J connectivity index is 2.36. The number of nitrogens with zero attached hydrogens (tertiary/aromatic N) is 3. The first kappa shape index (κ1) is 14.0. The topological polar surface area (TPSA) is 87.3 Å². The Kier molecular flexibility index (Phi) is 3.99. The molecule has 0 fully saturated rings. The van der Waals surface area contributed by atoms with Crippen LogP contribution < -0.4 is 0 Å². The molecule has 0 atom stereocenters. The molecule has 0 amide bonds. The van der Waals surface area contributed by atoms with Gasteiger partial charge in [-0.15, -0.1) is 0 Å². The molecule has 8 heteroatoms. The fraction of sp³-hybridized carbons (Fsp3) is 0.167. The Bertz CT molecular complexity index is 651. The molecule has 0 aliphatic heterocycles. The highest BCUT2D eigenvalue weighted by Crippen LogP contribution is 2.16. The number of ether oxygens (including phenoxy) is 1. The Labute approximate surface area is 118 Å². The number of carbonyl (C=O) groups excluding carboxylic acids is 1. The molecule has 104 valence electrons. The number of benzene rings is 1. The normalized spacial score (nSPS) is 10.3. The summed E-state index contributed by atoms with van der Waals surface area (Å²) in [5.41, 5.74) is 0.826. The number of halogens is 1. The van der Waals surface area contributed by atoms with Gasteiger partial charge in [0.05, 0.1) is 24.8 Å². The van der Waals surface area contributed by atoms with Gasteiger partial charge < -0.3 is 14.9 Å². The van der Waals surface area contributed by atoms with Gasteiger partial charge in [-0.2, -0.15) is 4.68 Å². The van der Waals surface area contributed by atoms with E-state index in [9.17, 15) is 14.9 Å². The maximum absolute atomic E-state index is 11.6. The Hall–Kier alpha value is -2.41. The molecule has 2 aromatic rings. The molecule has 0 saturated carbocycles. The van der Waals surface area contributed by atoms with Crippen LogP contribution in [0, 0.1) is 10.1 Å². The maximum atomic E-state index is 11.6. The molecule has 0 bridgehead atoms. The predicted molar refractivity (Wildman–Crippen MR) is 70.8 cm³/mol. The highest BCUT2D eigenvalue weighted by molar-refractivity contribution is 6.30. The second-order valence-corrected chi connectivity index (χ2v) is 4.36. The Morgan fingerprint density at radius 2 is 2.10 bits per heavy atom. The molecule has 0 unspecified atom stereocenters. The van der Waals surface area contributed by atoms with Crippen LogP contribution in [0.1, 0.15) is 16.1 Å². The zero-order chi connectivity index (χ0) is 14.7. The van der Waals surface area contributed by atoms with Crippen molar-refractivity contribution in [1.29, 1.82) is 0 Å². The largest absolute Gasteiger partial charge is 0.464 e. The number of carbonyl (C=O) groups is 1. The Morgan fingerprint density at radius 1 is 1.45 bits per heavy atom. The zero-order valence-electron chi connectivity index (χ0n) is 10.4. The van der Waals surface area contributed by atoms with Crippen molar-refractivity contribution in [2.45, 2.75) is 6.54 Å². The summed E-state index contributed by atoms with van der Waals surface area (Å²) in [7, 11) is 1.20. The van der Waals surface area contributed by atoms with Crippen LogP contribution in [-0.4, -0.2) is 27.8 Å². The summed E-state index contributed by atoms with van der Waals surface area (Å²) < 4.78 is 5.81. The third-order valence-corrected chi connectivity index (χ3v) is 2.85. The molecule has 0 aliphatic rings. The predicted octanol–water partition coefficient (Wildman–Crippen LogP) is 2.28. The lowest BCUT2D eigenvalue weighted by atomic mass is 10.2. The van der Waals surface area contributed by atoms with Gasteiger partial charge in [0.2, 0.25) is 0 Å². The van der Waals surface area contributed by atoms with Gasteiger partial charge in [0.15, 0.2) is 5.69 Å². The van der Waals surface area contributed by atoms with Gasteiger partial charge in [0, 0.05) is 5.02 Å². The fourth-order valence-corrected chi connectivity index (χ4v) is 1.77. The van der Waals surface area contributed by atoms with E-state index < -0.39 is 16.7 Å². The van der Waals surface area contributed by atoms with Crippen LogP contribution in [0.4, 0.5) is 5.82 Å². The molecule has 0 N–H and O–H groups in total. The van der Waals surface area contributed by atoms with E-state index in [1.807, 2.05) is 0 Å². The van der Waals surface area contributed by atoms with Crippen molar-refractivity contribution in [3.05, 3.63) is 56.7 Å². The first-order chi connectivity index (χ1) is 9.51. The van der Waals surface area contributed by atoms with Gasteiger partial charge in [-0.05, 0) is 22.6 Å². The van der Waals surface area contributed by atoms with E-state index >= 15 is 0 Å². The van der Waals surface area contributed by atoms with E-state index in [1.54, 1.807) is 24.3 Å². The lowest BCUT2D eigenvalue weighted by Gasteiger charge is -2.02. The smallest absolute Gasteiger partial charge is 0.390 e. The lowest BCUT2D eigenvalue weighted by Crippen LogP contribution is -2.12. The fourth-order valence-electron chi connectivity index (χ4n) is 1.64. The summed E-state index contributed by atoms with van der Waals surface area (Å²) in [5.74, 6) is -1.08. The quantitative estimate of drug-likeness (QED) is 0.490. The van der Waals surface area contributed by atoms with Crippen molar-refractivity contribution in [2.24, 2.45) is 0 Å². The molecule has 20 heavy (non-hydrogen) atoms. The monoisotopic (exact) mass is 295 g/mol. The molecule has 0 aliphatic carbocycles. The van der Waals surface area contributed by atoms with Crippen LogP contribution >= 0.6 is 11.6 Å². The number of hydrogen-bond acceptors (Lipinski definition) is 5. The van der Waals surface area contributed by atoms with E-state index in [2.05, 4.69) is 9.84 Å². The summed E-state index contributed by atoms with van der Waals surface area (Å²) in [6.45, 7) is 0.204. The summed E-state index contributed by atoms with van der Waals surface area (Å²) in [4.78, 5) is 21.7. The first-order valence-corrected chi connectivity index (χ1v) is 5.94. The second kappa shape index (κ2) is 5.70. The zero-order valence-corrected chi connectivity index (χ0v) is 11.2. The summed E-state index contributed by atoms with van der Waals surface area (Å²) in [6.07, 6.45) is 0. The van der Waals surface area contributed by atoms with Crippen molar-refractivity contribution in [3.8, 4) is 0 Å². The molecule has 0 radical (unpaired) electrons. The molecule has 2 rings (SSSR count). The third kappa shape index (κ3) is 2.94. The number of rotatable bonds is 4. The van der Waals surface area contributed by atoms with E-state index in [0.717, 1.165) is 11.6 Å². The minimum absolute atomic E-state index is 0.0224. The summed E-state index contributed by atoms with van der Waals surface area (Å²) in [5, 5.41) is 15.1. The highest BCUT2D eigenvalue weighted by Gasteiger charge is 2.23. The van der Waals surface area contributed by atoms with E-state index in [-0.39, 0.29) is 12.2 Å². The van der Waals surface area contributed by atoms with Gasteiger partial charge in [0.25, 0.3) is 0 Å². The number of aromatic nitrogens is 2. The van der Waals surface area contributed by atoms with Gasteiger partial charge in [-0.3, -0.25) is 0 Å². The van der Waals surface area contributed by atoms with Gasteiger partial charge in [-0.1, -0.05) is 23.7 Å². The summed E-state index contributed by atoms with van der Waals surface area (Å²) in [6, 6.07) is 7.95. The van der Waals surface area contributed by atoms with E-state index in [0.29, 0.717) is 5.02 Å². The van der Waals surface area contributed by atoms with E-state index in [1.165, 1.54) is 11.8 Å². The first-order valence-electron chi connectivity index (χ1n) is 5.56. The van der Waals surface area contributed by atoms with Crippen LogP contribution in [-0.2, 0) is 11.3 Å². The number of esters is 1. The number of hydrogen-bond donors (Lipinski definition) is 0. The summed E-state index contributed by atoms with van der Waals surface area (Å²) >= 11 is 5.78. The molecular weight excluding hydrogens is 286 g/mol. The van der Waals surface area contributed by atoms with Crippen LogP contribution in [0.5, 0.6) is 0 Å². The van der Waals surface area contributed by atoms with Crippen LogP contribution in [0.3, 0.4) is 0 Å². The average molecular weight is 296 g/mol. The standard InChI is InChI=1S/C12H10ClN3O4/c1-20-12(17)10-6-11(16(18)19)14-15(10)7-8-2-4-9(13)5-3-8/h2-6H,7H2,1H3. The Morgan fingerprint density at radius 3 is 2.65 bits per heavy atom. The SMILES string of the molecule is COC(=O)c1cc([N+](=O)[O-])nn1Cc1ccc(Cl)cc1.